The minimum absolute atomic E-state index is 0.0570. The number of hydrazine groups is 1. The Morgan fingerprint density at radius 1 is 1.07 bits per heavy atom. The summed E-state index contributed by atoms with van der Waals surface area (Å²) in [6.07, 6.45) is 4.50. The molecular weight excluding hydrogens is 577 g/mol. The number of carbonyl (C=O) groups is 1. The van der Waals surface area contributed by atoms with Crippen LogP contribution in [0, 0.1) is 0 Å². The lowest BCUT2D eigenvalue weighted by atomic mass is 9.84. The van der Waals surface area contributed by atoms with E-state index in [2.05, 4.69) is 10.9 Å². The minimum Gasteiger partial charge on any atom is -0.494 e. The fraction of sp³-hybridized carbons (Fsp3) is 0.312. The third-order valence-corrected chi connectivity index (χ3v) is 7.23. The van der Waals surface area contributed by atoms with Gasteiger partial charge in [0.05, 0.1) is 6.61 Å². The second-order valence-electron chi connectivity index (χ2n) is 9.70. The average Bonchev–Trinajstić information content (AvgIpc) is 3.38. The van der Waals surface area contributed by atoms with Crippen molar-refractivity contribution in [2.45, 2.75) is 30.9 Å². The van der Waals surface area contributed by atoms with Crippen molar-refractivity contribution in [3.05, 3.63) is 106 Å². The summed E-state index contributed by atoms with van der Waals surface area (Å²) in [6, 6.07) is 22.2. The summed E-state index contributed by atoms with van der Waals surface area (Å²) in [5, 5.41) is 9.86. The molecule has 1 amide bonds. The molecular formula is C32H35Cl2N3O5. The van der Waals surface area contributed by atoms with Crippen molar-refractivity contribution in [3.63, 3.8) is 0 Å². The number of nitrogens with zero attached hydrogens (tertiary/aromatic N) is 1. The van der Waals surface area contributed by atoms with Gasteiger partial charge in [0.1, 0.15) is 5.75 Å². The van der Waals surface area contributed by atoms with Gasteiger partial charge in [-0.2, -0.15) is 0 Å². The van der Waals surface area contributed by atoms with Gasteiger partial charge in [-0.3, -0.25) is 10.2 Å². The number of nitrogens with one attached hydrogen (secondary N) is 2. The number of hydrogen-bond acceptors (Lipinski definition) is 7. The molecule has 2 atom stereocenters. The third kappa shape index (κ3) is 8.12. The lowest BCUT2D eigenvalue weighted by Crippen LogP contribution is -2.52. The molecule has 8 nitrogen and oxygen atoms in total. The zero-order valence-corrected chi connectivity index (χ0v) is 24.9. The van der Waals surface area contributed by atoms with Crippen LogP contribution in [-0.2, 0) is 14.3 Å². The van der Waals surface area contributed by atoms with Crippen molar-refractivity contribution < 1.29 is 24.1 Å². The number of hydrogen-bond donors (Lipinski definition) is 3. The molecule has 0 bridgehead atoms. The number of rotatable bonds is 15. The molecule has 3 aromatic carbocycles. The molecule has 0 unspecified atom stereocenters. The minimum atomic E-state index is -1.40. The zero-order chi connectivity index (χ0) is 29.8. The number of benzene rings is 3. The average molecular weight is 613 g/mol. The van der Waals surface area contributed by atoms with Crippen molar-refractivity contribution in [1.82, 2.24) is 10.9 Å². The molecule has 1 aliphatic heterocycles. The number of carbonyl (C=O) groups excluding carboxylic acids is 1. The summed E-state index contributed by atoms with van der Waals surface area (Å²) in [6.45, 7) is 1.53. The van der Waals surface area contributed by atoms with Gasteiger partial charge in [-0.1, -0.05) is 71.8 Å². The Kier molecular flexibility index (Phi) is 11.8. The molecule has 222 valence electrons. The topological polar surface area (TPSA) is 101 Å². The van der Waals surface area contributed by atoms with Crippen LogP contribution in [0.25, 0.3) is 6.08 Å². The lowest BCUT2D eigenvalue weighted by molar-refractivity contribution is -0.129. The molecule has 0 aromatic heterocycles. The van der Waals surface area contributed by atoms with Crippen LogP contribution in [0.2, 0.25) is 10.0 Å². The maximum absolute atomic E-state index is 14.0. The predicted molar refractivity (Wildman–Crippen MR) is 166 cm³/mol. The van der Waals surface area contributed by atoms with E-state index >= 15 is 0 Å². The Morgan fingerprint density at radius 2 is 1.86 bits per heavy atom. The van der Waals surface area contributed by atoms with Crippen LogP contribution >= 0.6 is 23.2 Å². The summed E-state index contributed by atoms with van der Waals surface area (Å²) >= 11 is 12.9. The van der Waals surface area contributed by atoms with E-state index < -0.39 is 11.6 Å². The first kappa shape index (κ1) is 31.5. The van der Waals surface area contributed by atoms with Crippen molar-refractivity contribution >= 4 is 41.1 Å². The number of ether oxygens (including phenoxy) is 3. The summed E-state index contributed by atoms with van der Waals surface area (Å²) in [5.41, 5.74) is 6.69. The van der Waals surface area contributed by atoms with E-state index in [0.29, 0.717) is 65.4 Å². The Morgan fingerprint density at radius 3 is 2.57 bits per heavy atom. The van der Waals surface area contributed by atoms with Crippen LogP contribution in [0.15, 0.2) is 83.9 Å². The Balaban J connectivity index is 1.72. The Hall–Kier alpha value is -3.40. The number of halogens is 2. The molecule has 3 aromatic rings. The van der Waals surface area contributed by atoms with E-state index in [1.807, 2.05) is 54.6 Å². The molecule has 42 heavy (non-hydrogen) atoms. The van der Waals surface area contributed by atoms with Crippen LogP contribution in [-0.4, -0.2) is 55.9 Å². The van der Waals surface area contributed by atoms with Crippen LogP contribution in [0.3, 0.4) is 0 Å². The highest BCUT2D eigenvalue weighted by Crippen LogP contribution is 2.45. The lowest BCUT2D eigenvalue weighted by Gasteiger charge is -2.30. The Bertz CT molecular complexity index is 1370. The van der Waals surface area contributed by atoms with Gasteiger partial charge in [-0.05, 0) is 48.4 Å². The second-order valence-corrected chi connectivity index (χ2v) is 10.5. The molecule has 1 aliphatic rings. The van der Waals surface area contributed by atoms with E-state index in [-0.39, 0.29) is 18.9 Å². The molecule has 0 aliphatic carbocycles. The number of methoxy groups -OCH3 is 1. The van der Waals surface area contributed by atoms with Crippen molar-refractivity contribution in [3.8, 4) is 5.75 Å². The van der Waals surface area contributed by atoms with Crippen molar-refractivity contribution in [2.75, 3.05) is 33.5 Å². The largest absolute Gasteiger partial charge is 0.494 e. The summed E-state index contributed by atoms with van der Waals surface area (Å²) in [4.78, 5) is 19.0. The first-order valence-electron chi connectivity index (χ1n) is 13.8. The van der Waals surface area contributed by atoms with E-state index in [9.17, 15) is 4.79 Å². The summed E-state index contributed by atoms with van der Waals surface area (Å²) in [5.74, 6) is 0.585. The van der Waals surface area contributed by atoms with E-state index in [0.717, 1.165) is 5.56 Å². The van der Waals surface area contributed by atoms with Gasteiger partial charge in [0.2, 0.25) is 5.90 Å². The highest BCUT2D eigenvalue weighted by molar-refractivity contribution is 6.35. The molecule has 0 fully saturated rings. The van der Waals surface area contributed by atoms with Gasteiger partial charge in [0.25, 0.3) is 5.91 Å². The van der Waals surface area contributed by atoms with Crippen molar-refractivity contribution in [1.29, 1.82) is 0 Å². The van der Waals surface area contributed by atoms with Gasteiger partial charge >= 0.3 is 0 Å². The fourth-order valence-electron chi connectivity index (χ4n) is 4.50. The van der Waals surface area contributed by atoms with Gasteiger partial charge < -0.3 is 19.3 Å². The molecule has 0 saturated carbocycles. The fourth-order valence-corrected chi connectivity index (χ4v) is 5.01. The van der Waals surface area contributed by atoms with Gasteiger partial charge in [-0.15, -0.1) is 0 Å². The molecule has 0 radical (unpaired) electrons. The van der Waals surface area contributed by atoms with E-state index in [1.54, 1.807) is 37.4 Å². The highest BCUT2D eigenvalue weighted by Gasteiger charge is 2.53. The van der Waals surface area contributed by atoms with Gasteiger partial charge in [-0.25, -0.2) is 10.4 Å². The maximum atomic E-state index is 14.0. The van der Waals surface area contributed by atoms with Crippen LogP contribution < -0.4 is 15.6 Å². The predicted octanol–water partition coefficient (Wildman–Crippen LogP) is 5.77. The third-order valence-electron chi connectivity index (χ3n) is 6.67. The first-order chi connectivity index (χ1) is 20.5. The zero-order valence-electron chi connectivity index (χ0n) is 23.4. The molecule has 10 heteroatoms. The SMILES string of the molecule is COCCCNNC(=O)[C@@]1(C/C=C/c2ccccc2)N=C(c2ccc(OCCCO)cc2)O[C@H]1c1ccc(Cl)cc1Cl. The number of aliphatic hydroxyl groups is 1. The molecule has 1 heterocycles. The molecule has 0 spiro atoms. The summed E-state index contributed by atoms with van der Waals surface area (Å²) in [7, 11) is 1.63. The molecule has 4 rings (SSSR count). The number of aliphatic imine (C=N–C) groups is 1. The number of aliphatic hydroxyl groups excluding tert-OH is 1. The highest BCUT2D eigenvalue weighted by atomic mass is 35.5. The second kappa shape index (κ2) is 15.7. The first-order valence-corrected chi connectivity index (χ1v) is 14.5. The number of amides is 1. The summed E-state index contributed by atoms with van der Waals surface area (Å²) < 4.78 is 17.3. The van der Waals surface area contributed by atoms with E-state index in [4.69, 9.17) is 47.5 Å². The van der Waals surface area contributed by atoms with Gasteiger partial charge in [0.15, 0.2) is 11.6 Å². The molecule has 3 N–H and O–H groups in total. The molecule has 0 saturated heterocycles. The quantitative estimate of drug-likeness (QED) is 0.149. The van der Waals surface area contributed by atoms with Crippen LogP contribution in [0.1, 0.15) is 42.1 Å². The van der Waals surface area contributed by atoms with E-state index in [1.165, 1.54) is 0 Å². The van der Waals surface area contributed by atoms with Gasteiger partial charge in [0, 0.05) is 60.9 Å². The maximum Gasteiger partial charge on any atom is 0.266 e. The normalized spacial score (nSPS) is 18.1. The standard InChI is InChI=1S/C32H35Cl2N3O5/c1-40-20-6-18-35-37-31(39)32(17-5-10-23-8-3-2-4-9-23)29(27-16-13-25(33)22-28(27)34)42-30(36-32)24-11-14-26(15-12-24)41-21-7-19-38/h2-5,8-16,22,29,35,38H,6-7,17-21H2,1H3,(H,37,39)/b10-5+/t29-,32-/m0/s1. The van der Waals surface area contributed by atoms with Crippen molar-refractivity contribution in [2.24, 2.45) is 4.99 Å². The van der Waals surface area contributed by atoms with Crippen LogP contribution in [0.5, 0.6) is 5.75 Å². The Labute approximate surface area is 256 Å². The monoisotopic (exact) mass is 611 g/mol. The smallest absolute Gasteiger partial charge is 0.266 e. The van der Waals surface area contributed by atoms with Crippen LogP contribution in [0.4, 0.5) is 0 Å².